The van der Waals surface area contributed by atoms with Crippen molar-refractivity contribution in [2.75, 3.05) is 13.6 Å². The van der Waals surface area contributed by atoms with Crippen LogP contribution in [-0.2, 0) is 0 Å². The predicted octanol–water partition coefficient (Wildman–Crippen LogP) is 3.55. The summed E-state index contributed by atoms with van der Waals surface area (Å²) in [6.07, 6.45) is 16.1. The molecule has 0 aromatic carbocycles. The maximum atomic E-state index is 5.96. The van der Waals surface area contributed by atoms with E-state index < -0.39 is 0 Å². The average molecular weight is 264 g/mol. The minimum absolute atomic E-state index is 0.771. The molecule has 2 atom stereocenters. The fourth-order valence-electron chi connectivity index (χ4n) is 5.35. The van der Waals surface area contributed by atoms with E-state index in [0.717, 1.165) is 30.0 Å². The molecule has 3 rings (SSSR count). The van der Waals surface area contributed by atoms with Crippen LogP contribution in [0.3, 0.4) is 0 Å². The molecule has 2 heteroatoms. The second-order valence-electron chi connectivity index (χ2n) is 7.60. The fourth-order valence-corrected chi connectivity index (χ4v) is 5.35. The molecule has 2 unspecified atom stereocenters. The third kappa shape index (κ3) is 2.71. The Bertz CT molecular complexity index is 286. The van der Waals surface area contributed by atoms with E-state index in [1.807, 2.05) is 0 Å². The summed E-state index contributed by atoms with van der Waals surface area (Å²) in [4.78, 5) is 2.73. The molecule has 1 spiro atoms. The Morgan fingerprint density at radius 1 is 0.947 bits per heavy atom. The standard InChI is InChI=1S/C17H32N2/c1-19(16-6-4-5-14(16)13-18)15-7-11-17(12-8-15)9-2-3-10-17/h14-16H,2-13,18H2,1H3. The maximum Gasteiger partial charge on any atom is 0.0135 e. The van der Waals surface area contributed by atoms with E-state index in [9.17, 15) is 0 Å². The molecule has 0 aliphatic heterocycles. The van der Waals surface area contributed by atoms with Gasteiger partial charge in [0.25, 0.3) is 0 Å². The number of hydrogen-bond donors (Lipinski definition) is 1. The minimum atomic E-state index is 0.771. The Kier molecular flexibility index (Phi) is 4.19. The summed E-state index contributed by atoms with van der Waals surface area (Å²) in [7, 11) is 2.38. The van der Waals surface area contributed by atoms with Crippen molar-refractivity contribution in [3.8, 4) is 0 Å². The first-order valence-electron chi connectivity index (χ1n) is 8.66. The maximum absolute atomic E-state index is 5.96. The molecule has 0 radical (unpaired) electrons. The van der Waals surface area contributed by atoms with Crippen molar-refractivity contribution in [2.24, 2.45) is 17.1 Å². The molecule has 3 fully saturated rings. The summed E-state index contributed by atoms with van der Waals surface area (Å²) in [5, 5.41) is 0. The number of rotatable bonds is 3. The molecule has 0 saturated heterocycles. The fraction of sp³-hybridized carbons (Fsp3) is 1.00. The van der Waals surface area contributed by atoms with Crippen molar-refractivity contribution in [3.05, 3.63) is 0 Å². The van der Waals surface area contributed by atoms with Crippen molar-refractivity contribution < 1.29 is 0 Å². The van der Waals surface area contributed by atoms with Crippen LogP contribution < -0.4 is 5.73 Å². The van der Waals surface area contributed by atoms with Gasteiger partial charge in [-0.1, -0.05) is 19.3 Å². The van der Waals surface area contributed by atoms with E-state index in [2.05, 4.69) is 11.9 Å². The van der Waals surface area contributed by atoms with Crippen LogP contribution in [-0.4, -0.2) is 30.6 Å². The topological polar surface area (TPSA) is 29.3 Å². The van der Waals surface area contributed by atoms with Crippen molar-refractivity contribution >= 4 is 0 Å². The summed E-state index contributed by atoms with van der Waals surface area (Å²) >= 11 is 0. The number of nitrogens with zero attached hydrogens (tertiary/aromatic N) is 1. The van der Waals surface area contributed by atoms with E-state index in [0.29, 0.717) is 0 Å². The molecule has 19 heavy (non-hydrogen) atoms. The Morgan fingerprint density at radius 2 is 1.63 bits per heavy atom. The first-order valence-corrected chi connectivity index (χ1v) is 8.66. The van der Waals surface area contributed by atoms with E-state index in [1.165, 1.54) is 70.6 Å². The van der Waals surface area contributed by atoms with Crippen molar-refractivity contribution in [1.29, 1.82) is 0 Å². The minimum Gasteiger partial charge on any atom is -0.330 e. The Morgan fingerprint density at radius 3 is 2.26 bits per heavy atom. The van der Waals surface area contributed by atoms with Gasteiger partial charge in [-0.05, 0) is 76.3 Å². The third-order valence-electron chi connectivity index (χ3n) is 6.70. The number of nitrogens with two attached hydrogens (primary N) is 1. The molecule has 0 bridgehead atoms. The van der Waals surface area contributed by atoms with Crippen LogP contribution in [0.1, 0.15) is 70.6 Å². The van der Waals surface area contributed by atoms with Gasteiger partial charge in [-0.3, -0.25) is 0 Å². The second kappa shape index (κ2) is 5.73. The molecule has 3 saturated carbocycles. The zero-order valence-electron chi connectivity index (χ0n) is 12.7. The molecular formula is C17H32N2. The normalized spacial score (nSPS) is 35.5. The van der Waals surface area contributed by atoms with Gasteiger partial charge in [-0.2, -0.15) is 0 Å². The summed E-state index contributed by atoms with van der Waals surface area (Å²) in [5.74, 6) is 0.771. The molecule has 110 valence electrons. The van der Waals surface area contributed by atoms with Crippen LogP contribution in [0, 0.1) is 11.3 Å². The zero-order valence-corrected chi connectivity index (χ0v) is 12.7. The van der Waals surface area contributed by atoms with Gasteiger partial charge in [0.15, 0.2) is 0 Å². The van der Waals surface area contributed by atoms with E-state index in [-0.39, 0.29) is 0 Å². The highest BCUT2D eigenvalue weighted by atomic mass is 15.2. The van der Waals surface area contributed by atoms with Gasteiger partial charge in [0.2, 0.25) is 0 Å². The summed E-state index contributed by atoms with van der Waals surface area (Å²) < 4.78 is 0. The lowest BCUT2D eigenvalue weighted by Crippen LogP contribution is -2.46. The van der Waals surface area contributed by atoms with Gasteiger partial charge >= 0.3 is 0 Å². The van der Waals surface area contributed by atoms with Gasteiger partial charge < -0.3 is 10.6 Å². The zero-order chi connectivity index (χ0) is 13.3. The molecule has 2 N–H and O–H groups in total. The van der Waals surface area contributed by atoms with Gasteiger partial charge in [-0.15, -0.1) is 0 Å². The lowest BCUT2D eigenvalue weighted by Gasteiger charge is -2.43. The largest absolute Gasteiger partial charge is 0.330 e. The first-order chi connectivity index (χ1) is 9.24. The monoisotopic (exact) mass is 264 g/mol. The highest BCUT2D eigenvalue weighted by Gasteiger charge is 2.40. The number of hydrogen-bond acceptors (Lipinski definition) is 2. The van der Waals surface area contributed by atoms with E-state index in [4.69, 9.17) is 5.73 Å². The van der Waals surface area contributed by atoms with E-state index in [1.54, 1.807) is 0 Å². The molecule has 2 nitrogen and oxygen atoms in total. The van der Waals surface area contributed by atoms with Crippen LogP contribution in [0.2, 0.25) is 0 Å². The quantitative estimate of drug-likeness (QED) is 0.844. The van der Waals surface area contributed by atoms with Crippen molar-refractivity contribution in [1.82, 2.24) is 4.90 Å². The SMILES string of the molecule is CN(C1CCC2(CCCC2)CC1)C1CCCC1CN. The van der Waals surface area contributed by atoms with Gasteiger partial charge in [0.05, 0.1) is 0 Å². The lowest BCUT2D eigenvalue weighted by atomic mass is 9.71. The summed E-state index contributed by atoms with van der Waals surface area (Å²) in [6.45, 7) is 0.895. The molecule has 0 aromatic rings. The average Bonchev–Trinajstić information content (AvgIpc) is 3.08. The van der Waals surface area contributed by atoms with E-state index >= 15 is 0 Å². The third-order valence-corrected chi connectivity index (χ3v) is 6.70. The van der Waals surface area contributed by atoms with Crippen LogP contribution >= 0.6 is 0 Å². The molecule has 0 aromatic heterocycles. The Balaban J connectivity index is 1.55. The molecule has 3 aliphatic rings. The Hall–Kier alpha value is -0.0800. The van der Waals surface area contributed by atoms with Crippen molar-refractivity contribution in [3.63, 3.8) is 0 Å². The predicted molar refractivity (Wildman–Crippen MR) is 81.1 cm³/mol. The lowest BCUT2D eigenvalue weighted by molar-refractivity contribution is 0.0687. The first kappa shape index (κ1) is 13.9. The summed E-state index contributed by atoms with van der Waals surface area (Å²) in [6, 6.07) is 1.64. The van der Waals surface area contributed by atoms with Crippen LogP contribution in [0.5, 0.6) is 0 Å². The van der Waals surface area contributed by atoms with Gasteiger partial charge in [0.1, 0.15) is 0 Å². The van der Waals surface area contributed by atoms with Crippen molar-refractivity contribution in [2.45, 2.75) is 82.7 Å². The van der Waals surface area contributed by atoms with Gasteiger partial charge in [-0.25, -0.2) is 0 Å². The molecular weight excluding hydrogens is 232 g/mol. The Labute approximate surface area is 119 Å². The van der Waals surface area contributed by atoms with Crippen LogP contribution in [0.15, 0.2) is 0 Å². The molecule has 0 amide bonds. The molecule has 0 heterocycles. The smallest absolute Gasteiger partial charge is 0.0135 e. The summed E-state index contributed by atoms with van der Waals surface area (Å²) in [5.41, 5.74) is 6.74. The highest BCUT2D eigenvalue weighted by Crippen LogP contribution is 2.50. The molecule has 3 aliphatic carbocycles. The van der Waals surface area contributed by atoms with Gasteiger partial charge in [0, 0.05) is 12.1 Å². The van der Waals surface area contributed by atoms with Crippen LogP contribution in [0.4, 0.5) is 0 Å². The second-order valence-corrected chi connectivity index (χ2v) is 7.60. The van der Waals surface area contributed by atoms with Crippen LogP contribution in [0.25, 0.3) is 0 Å². The highest BCUT2D eigenvalue weighted by molar-refractivity contribution is 4.94.